The van der Waals surface area contributed by atoms with Crippen molar-refractivity contribution in [3.8, 4) is 0 Å². The van der Waals surface area contributed by atoms with E-state index in [2.05, 4.69) is 21.7 Å². The molecule has 0 atom stereocenters. The number of aryl methyl sites for hydroxylation is 1. The first kappa shape index (κ1) is 16.6. The van der Waals surface area contributed by atoms with Gasteiger partial charge in [0.2, 0.25) is 0 Å². The van der Waals surface area contributed by atoms with Crippen LogP contribution in [0.15, 0.2) is 70.4 Å². The molecular weight excluding hydrogens is 353 g/mol. The van der Waals surface area contributed by atoms with Gasteiger partial charge in [-0.25, -0.2) is 0 Å². The van der Waals surface area contributed by atoms with Gasteiger partial charge in [0.15, 0.2) is 0 Å². The molecule has 0 spiro atoms. The second-order valence-electron chi connectivity index (χ2n) is 4.80. The molecule has 0 unspecified atom stereocenters. The Bertz CT molecular complexity index is 664. The highest BCUT2D eigenvalue weighted by molar-refractivity contribution is 9.10. The van der Waals surface area contributed by atoms with E-state index in [1.165, 1.54) is 6.08 Å². The molecule has 0 amide bonds. The maximum absolute atomic E-state index is 13.1. The van der Waals surface area contributed by atoms with Gasteiger partial charge in [-0.05, 0) is 42.2 Å². The lowest BCUT2D eigenvalue weighted by atomic mass is 10.0. The first-order valence-electron chi connectivity index (χ1n) is 6.77. The minimum absolute atomic E-state index is 0.0828. The first-order chi connectivity index (χ1) is 10.4. The van der Waals surface area contributed by atoms with Crippen molar-refractivity contribution >= 4 is 22.0 Å². The van der Waals surface area contributed by atoms with E-state index in [4.69, 9.17) is 0 Å². The van der Waals surface area contributed by atoms with E-state index in [0.717, 1.165) is 10.0 Å². The van der Waals surface area contributed by atoms with E-state index in [0.29, 0.717) is 12.0 Å². The van der Waals surface area contributed by atoms with E-state index >= 15 is 0 Å². The van der Waals surface area contributed by atoms with Crippen LogP contribution in [0.3, 0.4) is 0 Å². The van der Waals surface area contributed by atoms with Crippen LogP contribution in [0.2, 0.25) is 0 Å². The molecule has 0 aromatic heterocycles. The molecule has 2 rings (SSSR count). The second kappa shape index (κ2) is 7.48. The molecule has 0 saturated carbocycles. The Morgan fingerprint density at radius 3 is 2.23 bits per heavy atom. The SMILES string of the molecule is FC(F)(F)C(=C=Cc1ccc(Br)cc1)CCc1ccccc1. The summed E-state index contributed by atoms with van der Waals surface area (Å²) in [6.07, 6.45) is -2.72. The summed E-state index contributed by atoms with van der Waals surface area (Å²) in [4.78, 5) is 0. The Kier molecular flexibility index (Phi) is 5.64. The zero-order valence-corrected chi connectivity index (χ0v) is 13.3. The summed E-state index contributed by atoms with van der Waals surface area (Å²) in [5.74, 6) is 0. The zero-order valence-electron chi connectivity index (χ0n) is 11.7. The van der Waals surface area contributed by atoms with Crippen LogP contribution in [0.5, 0.6) is 0 Å². The van der Waals surface area contributed by atoms with Gasteiger partial charge >= 0.3 is 6.18 Å². The summed E-state index contributed by atoms with van der Waals surface area (Å²) in [7, 11) is 0. The summed E-state index contributed by atoms with van der Waals surface area (Å²) in [5, 5.41) is 0. The van der Waals surface area contributed by atoms with Gasteiger partial charge in [0.1, 0.15) is 0 Å². The predicted octanol–water partition coefficient (Wildman–Crippen LogP) is 6.18. The minimum atomic E-state index is -4.36. The van der Waals surface area contributed by atoms with Crippen LogP contribution < -0.4 is 0 Å². The number of halogens is 4. The van der Waals surface area contributed by atoms with Crippen molar-refractivity contribution in [3.63, 3.8) is 0 Å². The minimum Gasteiger partial charge on any atom is -0.166 e. The number of allylic oxidation sites excluding steroid dienone is 1. The maximum atomic E-state index is 13.1. The van der Waals surface area contributed by atoms with Crippen molar-refractivity contribution in [3.05, 3.63) is 81.5 Å². The topological polar surface area (TPSA) is 0 Å². The van der Waals surface area contributed by atoms with Gasteiger partial charge < -0.3 is 0 Å². The van der Waals surface area contributed by atoms with E-state index in [9.17, 15) is 13.2 Å². The van der Waals surface area contributed by atoms with Crippen molar-refractivity contribution in [1.29, 1.82) is 0 Å². The Labute approximate surface area is 136 Å². The highest BCUT2D eigenvalue weighted by Gasteiger charge is 2.32. The molecule has 2 aromatic carbocycles. The van der Waals surface area contributed by atoms with E-state index in [1.54, 1.807) is 24.3 Å². The predicted molar refractivity (Wildman–Crippen MR) is 86.5 cm³/mol. The van der Waals surface area contributed by atoms with Crippen LogP contribution in [0.4, 0.5) is 13.2 Å². The van der Waals surface area contributed by atoms with Crippen LogP contribution in [0.25, 0.3) is 6.08 Å². The normalized spacial score (nSPS) is 10.9. The molecule has 0 aliphatic heterocycles. The highest BCUT2D eigenvalue weighted by Crippen LogP contribution is 2.28. The molecule has 0 nitrogen and oxygen atoms in total. The average molecular weight is 367 g/mol. The lowest BCUT2D eigenvalue weighted by Gasteiger charge is -2.09. The second-order valence-corrected chi connectivity index (χ2v) is 5.72. The summed E-state index contributed by atoms with van der Waals surface area (Å²) >= 11 is 3.29. The van der Waals surface area contributed by atoms with Crippen molar-refractivity contribution in [2.75, 3.05) is 0 Å². The monoisotopic (exact) mass is 366 g/mol. The van der Waals surface area contributed by atoms with Crippen LogP contribution in [-0.4, -0.2) is 6.18 Å². The maximum Gasteiger partial charge on any atom is 0.419 e. The average Bonchev–Trinajstić information content (AvgIpc) is 2.49. The Hall–Kier alpha value is -1.77. The van der Waals surface area contributed by atoms with Gasteiger partial charge in [0, 0.05) is 4.47 Å². The number of benzene rings is 2. The third-order valence-electron chi connectivity index (χ3n) is 3.13. The number of alkyl halides is 3. The van der Waals surface area contributed by atoms with Gasteiger partial charge in [-0.1, -0.05) is 58.4 Å². The van der Waals surface area contributed by atoms with Crippen molar-refractivity contribution in [1.82, 2.24) is 0 Å². The van der Waals surface area contributed by atoms with Crippen LogP contribution in [0.1, 0.15) is 17.5 Å². The van der Waals surface area contributed by atoms with Gasteiger partial charge in [-0.3, -0.25) is 0 Å². The van der Waals surface area contributed by atoms with Gasteiger partial charge in [-0.2, -0.15) is 13.2 Å². The highest BCUT2D eigenvalue weighted by atomic mass is 79.9. The molecule has 0 radical (unpaired) electrons. The standard InChI is InChI=1S/C18H14BrF3/c19-17-12-8-15(9-13-17)7-11-16(18(20,21)22)10-6-14-4-2-1-3-5-14/h1-5,7-9,12-13H,6,10H2. The molecule has 0 aliphatic rings. The van der Waals surface area contributed by atoms with E-state index in [-0.39, 0.29) is 6.42 Å². The smallest absolute Gasteiger partial charge is 0.166 e. The molecule has 0 N–H and O–H groups in total. The zero-order chi connectivity index (χ0) is 16.0. The van der Waals surface area contributed by atoms with Crippen LogP contribution in [0, 0.1) is 0 Å². The molecule has 0 heterocycles. The number of hydrogen-bond acceptors (Lipinski definition) is 0. The lowest BCUT2D eigenvalue weighted by molar-refractivity contribution is -0.0936. The molecule has 0 fully saturated rings. The summed E-state index contributed by atoms with van der Waals surface area (Å²) in [6, 6.07) is 16.2. The Balaban J connectivity index is 2.19. The molecule has 0 bridgehead atoms. The van der Waals surface area contributed by atoms with Crippen molar-refractivity contribution in [2.45, 2.75) is 19.0 Å². The first-order valence-corrected chi connectivity index (χ1v) is 7.57. The summed E-state index contributed by atoms with van der Waals surface area (Å²) in [6.45, 7) is 0. The molecule has 0 aliphatic carbocycles. The fourth-order valence-electron chi connectivity index (χ4n) is 1.94. The number of hydrogen-bond donors (Lipinski definition) is 0. The lowest BCUT2D eigenvalue weighted by Crippen LogP contribution is -2.11. The van der Waals surface area contributed by atoms with Gasteiger partial charge in [0.25, 0.3) is 0 Å². The summed E-state index contributed by atoms with van der Waals surface area (Å²) < 4.78 is 40.1. The Morgan fingerprint density at radius 2 is 1.64 bits per heavy atom. The molecule has 114 valence electrons. The molecule has 4 heteroatoms. The quantitative estimate of drug-likeness (QED) is 0.566. The molecular formula is C18H14BrF3. The van der Waals surface area contributed by atoms with Gasteiger partial charge in [-0.15, -0.1) is 5.73 Å². The third kappa shape index (κ3) is 5.21. The Morgan fingerprint density at radius 1 is 1.00 bits per heavy atom. The molecule has 2 aromatic rings. The van der Waals surface area contributed by atoms with Crippen LogP contribution in [-0.2, 0) is 6.42 Å². The fourth-order valence-corrected chi connectivity index (χ4v) is 2.20. The fraction of sp³-hybridized carbons (Fsp3) is 0.167. The molecule has 22 heavy (non-hydrogen) atoms. The van der Waals surface area contributed by atoms with E-state index < -0.39 is 11.7 Å². The summed E-state index contributed by atoms with van der Waals surface area (Å²) in [5.41, 5.74) is 3.35. The van der Waals surface area contributed by atoms with Gasteiger partial charge in [0.05, 0.1) is 5.57 Å². The largest absolute Gasteiger partial charge is 0.419 e. The van der Waals surface area contributed by atoms with E-state index in [1.807, 2.05) is 30.3 Å². The van der Waals surface area contributed by atoms with Crippen LogP contribution >= 0.6 is 15.9 Å². The third-order valence-corrected chi connectivity index (χ3v) is 3.66. The van der Waals surface area contributed by atoms with Crippen molar-refractivity contribution < 1.29 is 13.2 Å². The van der Waals surface area contributed by atoms with Crippen molar-refractivity contribution in [2.24, 2.45) is 0 Å². The number of rotatable bonds is 4. The molecule has 0 saturated heterocycles.